The lowest BCUT2D eigenvalue weighted by Gasteiger charge is -2.56. The molecule has 2 saturated carbocycles. The molecule has 6 aliphatic rings. The lowest BCUT2D eigenvalue weighted by Crippen LogP contribution is -2.58. The van der Waals surface area contributed by atoms with Gasteiger partial charge in [-0.25, -0.2) is 4.98 Å². The van der Waals surface area contributed by atoms with Gasteiger partial charge in [0.15, 0.2) is 5.79 Å². The van der Waals surface area contributed by atoms with Crippen LogP contribution >= 0.6 is 11.6 Å². The second kappa shape index (κ2) is 7.00. The van der Waals surface area contributed by atoms with E-state index in [-0.39, 0.29) is 22.5 Å². The normalized spacial score (nSPS) is 42.1. The van der Waals surface area contributed by atoms with Crippen molar-refractivity contribution in [1.29, 1.82) is 0 Å². The van der Waals surface area contributed by atoms with Crippen molar-refractivity contribution in [3.05, 3.63) is 64.5 Å². The highest BCUT2D eigenvalue weighted by Crippen LogP contribution is 2.71. The Morgan fingerprint density at radius 2 is 1.94 bits per heavy atom. The standard InChI is InChI=1S/C30H32ClNO4/c1-26-8-4-21-16-20-5-9-28(34-14-15-35-28)18-27(20)11-12-29(21,36-27)24(26)6-10-30(26,33)22-3-2-19-7-13-32-25(31)23(19)17-22/h2-4,7,13,16-17,24,33H,5-6,8-12,14-15,18H2,1H3/t24-,26+,27-,29-,30-/m1/s1. The Morgan fingerprint density at radius 3 is 2.81 bits per heavy atom. The van der Waals surface area contributed by atoms with E-state index in [0.29, 0.717) is 24.8 Å². The number of hydrogen-bond donors (Lipinski definition) is 1. The van der Waals surface area contributed by atoms with Gasteiger partial charge in [0.05, 0.1) is 30.0 Å². The predicted molar refractivity (Wildman–Crippen MR) is 137 cm³/mol. The van der Waals surface area contributed by atoms with Crippen LogP contribution in [0.15, 0.2) is 53.8 Å². The molecule has 5 atom stereocenters. The summed E-state index contributed by atoms with van der Waals surface area (Å²) in [4.78, 5) is 4.28. The maximum absolute atomic E-state index is 12.5. The van der Waals surface area contributed by atoms with Gasteiger partial charge in [0.2, 0.25) is 0 Å². The van der Waals surface area contributed by atoms with Crippen molar-refractivity contribution in [2.75, 3.05) is 13.2 Å². The third kappa shape index (κ3) is 2.59. The van der Waals surface area contributed by atoms with E-state index in [1.165, 1.54) is 11.1 Å². The minimum Gasteiger partial charge on any atom is -0.385 e. The first-order valence-corrected chi connectivity index (χ1v) is 13.9. The Labute approximate surface area is 216 Å². The van der Waals surface area contributed by atoms with Gasteiger partial charge in [0.1, 0.15) is 5.15 Å². The van der Waals surface area contributed by atoms with Gasteiger partial charge in [-0.15, -0.1) is 0 Å². The van der Waals surface area contributed by atoms with Crippen molar-refractivity contribution in [2.24, 2.45) is 11.3 Å². The van der Waals surface area contributed by atoms with Crippen LogP contribution in [0, 0.1) is 11.3 Å². The van der Waals surface area contributed by atoms with Crippen LogP contribution in [0.4, 0.5) is 0 Å². The first kappa shape index (κ1) is 22.2. The van der Waals surface area contributed by atoms with Crippen molar-refractivity contribution in [2.45, 2.75) is 80.9 Å². The topological polar surface area (TPSA) is 60.8 Å². The number of fused-ring (bicyclic) bond motifs is 2. The molecular weight excluding hydrogens is 474 g/mol. The molecule has 8 rings (SSSR count). The van der Waals surface area contributed by atoms with Gasteiger partial charge in [0, 0.05) is 35.8 Å². The fourth-order valence-electron chi connectivity index (χ4n) is 9.01. The molecule has 4 heterocycles. The molecule has 2 bridgehead atoms. The number of benzene rings is 1. The van der Waals surface area contributed by atoms with Crippen LogP contribution in [0.5, 0.6) is 0 Å². The third-order valence-corrected chi connectivity index (χ3v) is 11.1. The summed E-state index contributed by atoms with van der Waals surface area (Å²) in [5.41, 5.74) is 1.73. The second-order valence-corrected chi connectivity index (χ2v) is 12.6. The zero-order valence-corrected chi connectivity index (χ0v) is 21.4. The van der Waals surface area contributed by atoms with Gasteiger partial charge in [0.25, 0.3) is 0 Å². The molecule has 188 valence electrons. The number of aliphatic hydroxyl groups is 1. The first-order chi connectivity index (χ1) is 17.3. The molecule has 0 amide bonds. The molecule has 4 fully saturated rings. The van der Waals surface area contributed by atoms with E-state index < -0.39 is 11.4 Å². The molecule has 3 aliphatic carbocycles. The van der Waals surface area contributed by atoms with Crippen molar-refractivity contribution in [3.63, 3.8) is 0 Å². The van der Waals surface area contributed by atoms with Crippen LogP contribution in [0.3, 0.4) is 0 Å². The average molecular weight is 506 g/mol. The number of ether oxygens (including phenoxy) is 3. The Hall–Kier alpha value is -1.76. The van der Waals surface area contributed by atoms with E-state index >= 15 is 0 Å². The van der Waals surface area contributed by atoms with Crippen molar-refractivity contribution in [3.8, 4) is 0 Å². The summed E-state index contributed by atoms with van der Waals surface area (Å²) in [5.74, 6) is -0.257. The summed E-state index contributed by atoms with van der Waals surface area (Å²) in [6.07, 6.45) is 13.7. The minimum atomic E-state index is -0.962. The molecule has 36 heavy (non-hydrogen) atoms. The molecule has 1 aromatic carbocycles. The predicted octanol–water partition coefficient (Wildman–Crippen LogP) is 5.98. The Balaban J connectivity index is 1.21. The summed E-state index contributed by atoms with van der Waals surface area (Å²) in [6, 6.07) is 8.17. The Kier molecular flexibility index (Phi) is 4.33. The third-order valence-electron chi connectivity index (χ3n) is 10.8. The molecule has 0 radical (unpaired) electrons. The lowest BCUT2D eigenvalue weighted by molar-refractivity contribution is -0.230. The van der Waals surface area contributed by atoms with E-state index in [0.717, 1.165) is 61.3 Å². The number of rotatable bonds is 1. The number of nitrogens with zero attached hydrogens (tertiary/aromatic N) is 1. The van der Waals surface area contributed by atoms with Gasteiger partial charge in [-0.05, 0) is 72.8 Å². The second-order valence-electron chi connectivity index (χ2n) is 12.2. The van der Waals surface area contributed by atoms with Crippen LogP contribution < -0.4 is 0 Å². The van der Waals surface area contributed by atoms with Gasteiger partial charge >= 0.3 is 0 Å². The molecule has 1 N–H and O–H groups in total. The van der Waals surface area contributed by atoms with E-state index in [4.69, 9.17) is 25.8 Å². The molecule has 5 nitrogen and oxygen atoms in total. The molecule has 3 spiro atoms. The number of halogens is 1. The fraction of sp³-hybridized carbons (Fsp3) is 0.567. The molecular formula is C30H32ClNO4. The van der Waals surface area contributed by atoms with Crippen molar-refractivity contribution in [1.82, 2.24) is 4.98 Å². The van der Waals surface area contributed by atoms with Crippen molar-refractivity contribution >= 4 is 22.4 Å². The quantitative estimate of drug-likeness (QED) is 0.483. The van der Waals surface area contributed by atoms with E-state index in [1.54, 1.807) is 6.20 Å². The summed E-state index contributed by atoms with van der Waals surface area (Å²) >= 11 is 6.46. The molecule has 6 heteroatoms. The Bertz CT molecular complexity index is 1360. The van der Waals surface area contributed by atoms with E-state index in [1.807, 2.05) is 6.07 Å². The zero-order chi connectivity index (χ0) is 24.4. The highest BCUT2D eigenvalue weighted by Gasteiger charge is 2.71. The Morgan fingerprint density at radius 1 is 1.08 bits per heavy atom. The summed E-state index contributed by atoms with van der Waals surface area (Å²) in [6.45, 7) is 3.62. The lowest BCUT2D eigenvalue weighted by atomic mass is 9.56. The zero-order valence-electron chi connectivity index (χ0n) is 20.7. The summed E-state index contributed by atoms with van der Waals surface area (Å²) < 4.78 is 19.6. The maximum Gasteiger partial charge on any atom is 0.171 e. The van der Waals surface area contributed by atoms with Crippen LogP contribution in [0.25, 0.3) is 10.8 Å². The molecule has 2 aromatic rings. The summed E-state index contributed by atoms with van der Waals surface area (Å²) in [7, 11) is 0. The molecule has 0 unspecified atom stereocenters. The number of pyridine rings is 1. The largest absolute Gasteiger partial charge is 0.385 e. The maximum atomic E-state index is 12.5. The molecule has 1 aromatic heterocycles. The monoisotopic (exact) mass is 505 g/mol. The highest BCUT2D eigenvalue weighted by atomic mass is 35.5. The first-order valence-electron chi connectivity index (χ1n) is 13.5. The summed E-state index contributed by atoms with van der Waals surface area (Å²) in [5, 5.41) is 14.9. The minimum absolute atomic E-state index is 0.232. The molecule has 2 saturated heterocycles. The van der Waals surface area contributed by atoms with Gasteiger partial charge in [-0.3, -0.25) is 0 Å². The SMILES string of the molecule is C[C@]12CC=C3C=C4CCC5(C[C@]46CC[C@]3(O6)[C@@H]1CC[C@@]2(O)c1ccc2ccnc(Cl)c2c1)OCCO5. The number of aromatic nitrogens is 1. The van der Waals surface area contributed by atoms with Gasteiger partial charge < -0.3 is 19.3 Å². The van der Waals surface area contributed by atoms with Gasteiger partial charge in [-0.1, -0.05) is 42.8 Å². The van der Waals surface area contributed by atoms with Gasteiger partial charge in [-0.2, -0.15) is 0 Å². The highest BCUT2D eigenvalue weighted by molar-refractivity contribution is 6.34. The molecule has 3 aliphatic heterocycles. The van der Waals surface area contributed by atoms with Crippen LogP contribution in [0.1, 0.15) is 63.9 Å². The van der Waals surface area contributed by atoms with E-state index in [2.05, 4.69) is 42.3 Å². The van der Waals surface area contributed by atoms with E-state index in [9.17, 15) is 5.11 Å². The van der Waals surface area contributed by atoms with Crippen LogP contribution in [-0.2, 0) is 19.8 Å². The number of allylic oxidation sites excluding steroid dienone is 1. The van der Waals surface area contributed by atoms with Crippen molar-refractivity contribution < 1.29 is 19.3 Å². The number of hydrogen-bond acceptors (Lipinski definition) is 5. The van der Waals surface area contributed by atoms with Crippen LogP contribution in [-0.4, -0.2) is 40.3 Å². The average Bonchev–Trinajstić information content (AvgIpc) is 3.53. The fourth-order valence-corrected chi connectivity index (χ4v) is 9.23. The van der Waals surface area contributed by atoms with Crippen LogP contribution in [0.2, 0.25) is 5.15 Å². The smallest absolute Gasteiger partial charge is 0.171 e.